The molecule has 1 heterocycles. The van der Waals surface area contributed by atoms with Crippen molar-refractivity contribution < 1.29 is 14.6 Å². The van der Waals surface area contributed by atoms with Crippen LogP contribution in [0.4, 0.5) is 0 Å². The van der Waals surface area contributed by atoms with Crippen LogP contribution < -0.4 is 4.74 Å². The van der Waals surface area contributed by atoms with Gasteiger partial charge in [0.2, 0.25) is 5.82 Å². The van der Waals surface area contributed by atoms with Crippen LogP contribution in [-0.2, 0) is 6.54 Å². The van der Waals surface area contributed by atoms with Gasteiger partial charge in [0.05, 0.1) is 6.54 Å². The molecule has 0 aliphatic carbocycles. The molecule has 19 heavy (non-hydrogen) atoms. The normalized spacial score (nSPS) is 9.84. The second-order valence-electron chi connectivity index (χ2n) is 3.71. The summed E-state index contributed by atoms with van der Waals surface area (Å²) < 4.78 is 7.07. The van der Waals surface area contributed by atoms with Gasteiger partial charge in [0.1, 0.15) is 24.0 Å². The second kappa shape index (κ2) is 5.69. The van der Waals surface area contributed by atoms with Crippen molar-refractivity contribution >= 4 is 5.97 Å². The van der Waals surface area contributed by atoms with E-state index in [1.54, 1.807) is 29.0 Å². The monoisotopic (exact) mass is 257 g/mol. The van der Waals surface area contributed by atoms with E-state index < -0.39 is 5.97 Å². The first-order chi connectivity index (χ1) is 9.22. The van der Waals surface area contributed by atoms with Crippen LogP contribution in [0.15, 0.2) is 36.7 Å². The Morgan fingerprint density at radius 1 is 1.47 bits per heavy atom. The van der Waals surface area contributed by atoms with Gasteiger partial charge < -0.3 is 14.4 Å². The number of ether oxygens (including phenoxy) is 1. The first kappa shape index (κ1) is 12.6. The van der Waals surface area contributed by atoms with Crippen molar-refractivity contribution in [1.29, 1.82) is 5.26 Å². The van der Waals surface area contributed by atoms with E-state index in [2.05, 4.69) is 4.98 Å². The Bertz CT molecular complexity index is 628. The van der Waals surface area contributed by atoms with Crippen LogP contribution in [-0.4, -0.2) is 27.2 Å². The lowest BCUT2D eigenvalue weighted by Crippen LogP contribution is -2.11. The van der Waals surface area contributed by atoms with Crippen LogP contribution in [0.5, 0.6) is 5.75 Å². The Kier molecular flexibility index (Phi) is 3.78. The summed E-state index contributed by atoms with van der Waals surface area (Å²) in [4.78, 5) is 14.8. The van der Waals surface area contributed by atoms with Crippen molar-refractivity contribution in [3.05, 3.63) is 48.0 Å². The number of aromatic carboxylic acids is 1. The molecule has 6 nitrogen and oxygen atoms in total. The molecular weight excluding hydrogens is 246 g/mol. The van der Waals surface area contributed by atoms with Crippen LogP contribution in [0.1, 0.15) is 16.2 Å². The highest BCUT2D eigenvalue weighted by atomic mass is 16.5. The number of hydrogen-bond donors (Lipinski definition) is 1. The van der Waals surface area contributed by atoms with E-state index in [-0.39, 0.29) is 12.2 Å². The molecule has 2 rings (SSSR count). The predicted octanol–water partition coefficient (Wildman–Crippen LogP) is 1.53. The molecule has 0 saturated carbocycles. The fourth-order valence-electron chi connectivity index (χ4n) is 1.63. The van der Waals surface area contributed by atoms with Crippen LogP contribution in [0.2, 0.25) is 0 Å². The van der Waals surface area contributed by atoms with E-state index >= 15 is 0 Å². The van der Waals surface area contributed by atoms with Crippen molar-refractivity contribution in [2.75, 3.05) is 6.61 Å². The quantitative estimate of drug-likeness (QED) is 0.877. The van der Waals surface area contributed by atoms with E-state index in [1.165, 1.54) is 12.3 Å². The first-order valence-corrected chi connectivity index (χ1v) is 5.58. The van der Waals surface area contributed by atoms with Gasteiger partial charge in [-0.05, 0) is 12.1 Å². The molecule has 96 valence electrons. The number of imidazole rings is 1. The Morgan fingerprint density at radius 2 is 2.26 bits per heavy atom. The van der Waals surface area contributed by atoms with Gasteiger partial charge in [-0.1, -0.05) is 12.1 Å². The Labute approximate surface area is 109 Å². The number of aromatic nitrogens is 2. The molecule has 6 heteroatoms. The molecular formula is C13H11N3O3. The third-order valence-electron chi connectivity index (χ3n) is 2.52. The van der Waals surface area contributed by atoms with Gasteiger partial charge in [-0.25, -0.2) is 9.78 Å². The number of para-hydroxylation sites is 1. The zero-order chi connectivity index (χ0) is 13.7. The van der Waals surface area contributed by atoms with E-state index in [4.69, 9.17) is 15.1 Å². The molecule has 0 spiro atoms. The van der Waals surface area contributed by atoms with Crippen molar-refractivity contribution in [2.24, 2.45) is 0 Å². The summed E-state index contributed by atoms with van der Waals surface area (Å²) in [5, 5.41) is 17.8. The summed E-state index contributed by atoms with van der Waals surface area (Å²) in [5.41, 5.74) is 0.119. The minimum absolute atomic E-state index is 0.119. The van der Waals surface area contributed by atoms with E-state index in [9.17, 15) is 4.79 Å². The first-order valence-electron chi connectivity index (χ1n) is 5.58. The molecule has 0 atom stereocenters. The van der Waals surface area contributed by atoms with Gasteiger partial charge in [-0.15, -0.1) is 0 Å². The summed E-state index contributed by atoms with van der Waals surface area (Å²) in [5.74, 6) is -0.417. The van der Waals surface area contributed by atoms with E-state index in [0.29, 0.717) is 18.1 Å². The number of benzene rings is 1. The minimum atomic E-state index is -1.03. The highest BCUT2D eigenvalue weighted by Crippen LogP contribution is 2.17. The Hall–Kier alpha value is -2.81. The van der Waals surface area contributed by atoms with E-state index in [0.717, 1.165) is 0 Å². The van der Waals surface area contributed by atoms with Crippen LogP contribution in [0, 0.1) is 11.3 Å². The predicted molar refractivity (Wildman–Crippen MR) is 65.8 cm³/mol. The molecule has 0 bridgehead atoms. The number of nitrogens with zero attached hydrogens (tertiary/aromatic N) is 3. The smallest absolute Gasteiger partial charge is 0.339 e. The molecule has 1 aromatic heterocycles. The number of nitriles is 1. The number of hydrogen-bond acceptors (Lipinski definition) is 4. The average molecular weight is 257 g/mol. The fourth-order valence-corrected chi connectivity index (χ4v) is 1.63. The molecule has 0 aliphatic rings. The molecule has 0 saturated heterocycles. The summed E-state index contributed by atoms with van der Waals surface area (Å²) in [6.07, 6.45) is 3.20. The molecule has 0 amide bonds. The summed E-state index contributed by atoms with van der Waals surface area (Å²) >= 11 is 0. The Balaban J connectivity index is 2.01. The number of carboxylic acids is 1. The topological polar surface area (TPSA) is 88.1 Å². The van der Waals surface area contributed by atoms with Gasteiger partial charge >= 0.3 is 5.97 Å². The average Bonchev–Trinajstić information content (AvgIpc) is 2.86. The number of carbonyl (C=O) groups is 1. The van der Waals surface area contributed by atoms with Crippen molar-refractivity contribution in [3.63, 3.8) is 0 Å². The van der Waals surface area contributed by atoms with Crippen LogP contribution in [0.3, 0.4) is 0 Å². The molecule has 0 radical (unpaired) electrons. The third-order valence-corrected chi connectivity index (χ3v) is 2.52. The van der Waals surface area contributed by atoms with Crippen LogP contribution >= 0.6 is 0 Å². The third kappa shape index (κ3) is 2.90. The van der Waals surface area contributed by atoms with Gasteiger partial charge in [-0.3, -0.25) is 0 Å². The highest BCUT2D eigenvalue weighted by Gasteiger charge is 2.10. The lowest BCUT2D eigenvalue weighted by atomic mass is 10.2. The lowest BCUT2D eigenvalue weighted by Gasteiger charge is -2.09. The van der Waals surface area contributed by atoms with Crippen molar-refractivity contribution in [2.45, 2.75) is 6.54 Å². The zero-order valence-electron chi connectivity index (χ0n) is 9.98. The van der Waals surface area contributed by atoms with Crippen molar-refractivity contribution in [1.82, 2.24) is 9.55 Å². The molecule has 0 aliphatic heterocycles. The summed E-state index contributed by atoms with van der Waals surface area (Å²) in [6, 6.07) is 8.38. The van der Waals surface area contributed by atoms with Gasteiger partial charge in [0.15, 0.2) is 0 Å². The molecule has 1 aromatic carbocycles. The van der Waals surface area contributed by atoms with Gasteiger partial charge in [-0.2, -0.15) is 5.26 Å². The molecule has 2 aromatic rings. The lowest BCUT2D eigenvalue weighted by molar-refractivity contribution is 0.0692. The second-order valence-corrected chi connectivity index (χ2v) is 3.71. The molecule has 0 fully saturated rings. The molecule has 0 unspecified atom stereocenters. The maximum Gasteiger partial charge on any atom is 0.339 e. The molecule has 1 N–H and O–H groups in total. The van der Waals surface area contributed by atoms with Gasteiger partial charge in [0.25, 0.3) is 0 Å². The van der Waals surface area contributed by atoms with Crippen molar-refractivity contribution in [3.8, 4) is 11.8 Å². The largest absolute Gasteiger partial charge is 0.491 e. The summed E-state index contributed by atoms with van der Waals surface area (Å²) in [7, 11) is 0. The number of carboxylic acid groups (broad SMARTS) is 1. The summed E-state index contributed by atoms with van der Waals surface area (Å²) in [6.45, 7) is 0.687. The van der Waals surface area contributed by atoms with Crippen LogP contribution in [0.25, 0.3) is 0 Å². The van der Waals surface area contributed by atoms with E-state index in [1.807, 2.05) is 6.07 Å². The van der Waals surface area contributed by atoms with Gasteiger partial charge in [0, 0.05) is 12.4 Å². The maximum atomic E-state index is 11.0. The zero-order valence-corrected chi connectivity index (χ0v) is 9.98. The number of rotatable bonds is 5. The maximum absolute atomic E-state index is 11.0. The fraction of sp³-hybridized carbons (Fsp3) is 0.154. The highest BCUT2D eigenvalue weighted by molar-refractivity contribution is 5.90. The minimum Gasteiger partial charge on any atom is -0.491 e. The standard InChI is InChI=1S/C13H11N3O3/c14-9-12-15-5-6-16(12)7-8-19-11-4-2-1-3-10(11)13(17)18/h1-6H,7-8H2,(H,17,18). The Morgan fingerprint density at radius 3 is 3.00 bits per heavy atom. The SMILES string of the molecule is N#Cc1nccn1CCOc1ccccc1C(=O)O.